The molecule has 0 N–H and O–H groups in total. The quantitative estimate of drug-likeness (QED) is 0.778. The standard InChI is InChI=1S/C13H16O3/c14-12-6-7-13(16-9-12)10-15-8-11-4-2-1-3-5-11/h1-5,13H,6-10H2/t13-/m1/s1. The Hall–Kier alpha value is -1.19. The molecule has 1 aromatic rings. The van der Waals surface area contributed by atoms with Crippen LogP contribution in [0.3, 0.4) is 0 Å². The summed E-state index contributed by atoms with van der Waals surface area (Å²) < 4.78 is 10.9. The molecule has 0 aliphatic carbocycles. The SMILES string of the molecule is O=C1CC[C@H](COCc2ccccc2)OC1. The van der Waals surface area contributed by atoms with Gasteiger partial charge in [0.2, 0.25) is 0 Å². The number of hydrogen-bond donors (Lipinski definition) is 0. The molecule has 3 heteroatoms. The third-order valence-electron chi connectivity index (χ3n) is 2.64. The first-order valence-electron chi connectivity index (χ1n) is 5.59. The Morgan fingerprint density at radius 3 is 2.81 bits per heavy atom. The summed E-state index contributed by atoms with van der Waals surface area (Å²) in [5.74, 6) is 0.194. The number of benzene rings is 1. The molecule has 1 atom stereocenters. The summed E-state index contributed by atoms with van der Waals surface area (Å²) in [4.78, 5) is 10.9. The van der Waals surface area contributed by atoms with Crippen LogP contribution in [0.4, 0.5) is 0 Å². The fourth-order valence-electron chi connectivity index (χ4n) is 1.70. The van der Waals surface area contributed by atoms with Crippen molar-refractivity contribution in [2.45, 2.75) is 25.6 Å². The first kappa shape index (κ1) is 11.3. The molecule has 1 aliphatic rings. The van der Waals surface area contributed by atoms with E-state index in [9.17, 15) is 4.79 Å². The van der Waals surface area contributed by atoms with Crippen LogP contribution in [0.25, 0.3) is 0 Å². The third kappa shape index (κ3) is 3.43. The minimum atomic E-state index is 0.0846. The van der Waals surface area contributed by atoms with E-state index in [4.69, 9.17) is 9.47 Å². The van der Waals surface area contributed by atoms with Gasteiger partial charge in [-0.25, -0.2) is 0 Å². The van der Waals surface area contributed by atoms with Crippen molar-refractivity contribution in [2.75, 3.05) is 13.2 Å². The van der Waals surface area contributed by atoms with E-state index >= 15 is 0 Å². The van der Waals surface area contributed by atoms with Gasteiger partial charge in [0, 0.05) is 6.42 Å². The van der Waals surface area contributed by atoms with Crippen LogP contribution in [0.5, 0.6) is 0 Å². The molecule has 0 spiro atoms. The van der Waals surface area contributed by atoms with Gasteiger partial charge in [0.05, 0.1) is 19.3 Å². The molecule has 0 radical (unpaired) electrons. The topological polar surface area (TPSA) is 35.5 Å². The molecule has 1 saturated heterocycles. The van der Waals surface area contributed by atoms with Crippen molar-refractivity contribution in [1.29, 1.82) is 0 Å². The van der Waals surface area contributed by atoms with Crippen molar-refractivity contribution >= 4 is 5.78 Å². The van der Waals surface area contributed by atoms with Gasteiger partial charge in [0.25, 0.3) is 0 Å². The predicted molar refractivity (Wildman–Crippen MR) is 60.1 cm³/mol. The summed E-state index contributed by atoms with van der Waals surface area (Å²) in [6.07, 6.45) is 1.49. The highest BCUT2D eigenvalue weighted by Crippen LogP contribution is 2.11. The van der Waals surface area contributed by atoms with Crippen LogP contribution in [-0.2, 0) is 20.9 Å². The summed E-state index contributed by atoms with van der Waals surface area (Å²) in [5.41, 5.74) is 1.16. The van der Waals surface area contributed by atoms with Gasteiger partial charge in [-0.15, -0.1) is 0 Å². The lowest BCUT2D eigenvalue weighted by atomic mass is 10.1. The zero-order chi connectivity index (χ0) is 11.2. The van der Waals surface area contributed by atoms with Crippen LogP contribution in [-0.4, -0.2) is 25.1 Å². The van der Waals surface area contributed by atoms with Gasteiger partial charge in [-0.1, -0.05) is 30.3 Å². The van der Waals surface area contributed by atoms with Crippen LogP contribution in [0.1, 0.15) is 18.4 Å². The van der Waals surface area contributed by atoms with E-state index in [1.807, 2.05) is 30.3 Å². The van der Waals surface area contributed by atoms with E-state index in [0.717, 1.165) is 12.0 Å². The van der Waals surface area contributed by atoms with E-state index in [2.05, 4.69) is 0 Å². The van der Waals surface area contributed by atoms with Crippen molar-refractivity contribution in [2.24, 2.45) is 0 Å². The smallest absolute Gasteiger partial charge is 0.158 e. The van der Waals surface area contributed by atoms with Crippen LogP contribution in [0, 0.1) is 0 Å². The Balaban J connectivity index is 1.67. The highest BCUT2D eigenvalue weighted by molar-refractivity contribution is 5.80. The molecule has 16 heavy (non-hydrogen) atoms. The Bertz CT molecular complexity index is 324. The van der Waals surface area contributed by atoms with E-state index < -0.39 is 0 Å². The normalized spacial score (nSPS) is 21.0. The Labute approximate surface area is 95.4 Å². The minimum Gasteiger partial charge on any atom is -0.374 e. The van der Waals surface area contributed by atoms with E-state index in [0.29, 0.717) is 19.6 Å². The molecule has 86 valence electrons. The van der Waals surface area contributed by atoms with Gasteiger partial charge in [0.15, 0.2) is 5.78 Å². The summed E-state index contributed by atoms with van der Waals surface area (Å²) in [5, 5.41) is 0. The van der Waals surface area contributed by atoms with Gasteiger partial charge in [-0.05, 0) is 12.0 Å². The summed E-state index contributed by atoms with van der Waals surface area (Å²) in [7, 11) is 0. The Kier molecular flexibility index (Phi) is 4.08. The monoisotopic (exact) mass is 220 g/mol. The molecule has 0 unspecified atom stereocenters. The summed E-state index contributed by atoms with van der Waals surface area (Å²) >= 11 is 0. The maximum absolute atomic E-state index is 10.9. The maximum Gasteiger partial charge on any atom is 0.158 e. The fraction of sp³-hybridized carbons (Fsp3) is 0.462. The van der Waals surface area contributed by atoms with Gasteiger partial charge >= 0.3 is 0 Å². The highest BCUT2D eigenvalue weighted by Gasteiger charge is 2.18. The average molecular weight is 220 g/mol. The molecular formula is C13H16O3. The molecule has 1 aromatic carbocycles. The lowest BCUT2D eigenvalue weighted by Gasteiger charge is -2.21. The van der Waals surface area contributed by atoms with Crippen LogP contribution in [0.15, 0.2) is 30.3 Å². The van der Waals surface area contributed by atoms with Crippen molar-refractivity contribution in [3.05, 3.63) is 35.9 Å². The molecule has 3 nitrogen and oxygen atoms in total. The van der Waals surface area contributed by atoms with Gasteiger partial charge < -0.3 is 9.47 Å². The number of ketones is 1. The second kappa shape index (κ2) is 5.77. The van der Waals surface area contributed by atoms with E-state index in [1.54, 1.807) is 0 Å². The molecule has 1 heterocycles. The molecule has 0 saturated carbocycles. The number of hydrogen-bond acceptors (Lipinski definition) is 3. The van der Waals surface area contributed by atoms with Crippen molar-refractivity contribution < 1.29 is 14.3 Å². The van der Waals surface area contributed by atoms with Gasteiger partial charge in [-0.3, -0.25) is 4.79 Å². The van der Waals surface area contributed by atoms with Crippen molar-refractivity contribution in [3.63, 3.8) is 0 Å². The third-order valence-corrected chi connectivity index (χ3v) is 2.64. The summed E-state index contributed by atoms with van der Waals surface area (Å²) in [6.45, 7) is 1.43. The van der Waals surface area contributed by atoms with Gasteiger partial charge in [0.1, 0.15) is 6.61 Å². The van der Waals surface area contributed by atoms with E-state index in [1.165, 1.54) is 0 Å². The van der Waals surface area contributed by atoms with Crippen LogP contribution >= 0.6 is 0 Å². The molecule has 1 aliphatic heterocycles. The van der Waals surface area contributed by atoms with Gasteiger partial charge in [-0.2, -0.15) is 0 Å². The predicted octanol–water partition coefficient (Wildman–Crippen LogP) is 1.95. The number of carbonyl (C=O) groups excluding carboxylic acids is 1. The first-order chi connectivity index (χ1) is 7.84. The molecule has 1 fully saturated rings. The number of Topliss-reactive ketones (excluding diaryl/α,β-unsaturated/α-hetero) is 1. The van der Waals surface area contributed by atoms with Crippen LogP contribution in [0.2, 0.25) is 0 Å². The second-order valence-corrected chi connectivity index (χ2v) is 4.01. The molecule has 2 rings (SSSR count). The fourth-order valence-corrected chi connectivity index (χ4v) is 1.70. The molecule has 0 aromatic heterocycles. The number of carbonyl (C=O) groups is 1. The first-order valence-corrected chi connectivity index (χ1v) is 5.59. The lowest BCUT2D eigenvalue weighted by molar-refractivity contribution is -0.134. The van der Waals surface area contributed by atoms with Crippen molar-refractivity contribution in [1.82, 2.24) is 0 Å². The Morgan fingerprint density at radius 2 is 2.12 bits per heavy atom. The zero-order valence-corrected chi connectivity index (χ0v) is 9.22. The van der Waals surface area contributed by atoms with E-state index in [-0.39, 0.29) is 18.5 Å². The average Bonchev–Trinajstić information content (AvgIpc) is 2.33. The maximum atomic E-state index is 10.9. The van der Waals surface area contributed by atoms with Crippen molar-refractivity contribution in [3.8, 4) is 0 Å². The molecular weight excluding hydrogens is 204 g/mol. The second-order valence-electron chi connectivity index (χ2n) is 4.01. The lowest BCUT2D eigenvalue weighted by Crippen LogP contribution is -2.29. The van der Waals surface area contributed by atoms with Crippen LogP contribution < -0.4 is 0 Å². The Morgan fingerprint density at radius 1 is 1.31 bits per heavy atom. The number of ether oxygens (including phenoxy) is 2. The highest BCUT2D eigenvalue weighted by atomic mass is 16.5. The molecule has 0 bridgehead atoms. The number of rotatable bonds is 4. The zero-order valence-electron chi connectivity index (χ0n) is 9.22. The minimum absolute atomic E-state index is 0.0846. The molecule has 0 amide bonds. The largest absolute Gasteiger partial charge is 0.374 e. The summed E-state index contributed by atoms with van der Waals surface area (Å²) in [6, 6.07) is 10.0.